The summed E-state index contributed by atoms with van der Waals surface area (Å²) in [6.07, 6.45) is 8.28. The minimum Gasteiger partial charge on any atom is -0.462 e. The first-order valence-electron chi connectivity index (χ1n) is 16.5. The quantitative estimate of drug-likeness (QED) is 0.0524. The van der Waals surface area contributed by atoms with Crippen LogP contribution in [-0.2, 0) is 32.8 Å². The van der Waals surface area contributed by atoms with Crippen molar-refractivity contribution in [2.45, 2.75) is 103 Å². The number of esters is 1. The van der Waals surface area contributed by atoms with Crippen LogP contribution in [0.15, 0.2) is 36.7 Å². The number of nitrogen functional groups attached to an aromatic ring is 1. The van der Waals surface area contributed by atoms with Gasteiger partial charge in [0.15, 0.2) is 28.7 Å². The highest BCUT2D eigenvalue weighted by Gasteiger charge is 2.53. The molecular weight excluding hydrogens is 674 g/mol. The van der Waals surface area contributed by atoms with E-state index in [2.05, 4.69) is 32.9 Å². The zero-order valence-corrected chi connectivity index (χ0v) is 29.5. The van der Waals surface area contributed by atoms with Crippen molar-refractivity contribution >= 4 is 36.9 Å². The van der Waals surface area contributed by atoms with Crippen LogP contribution < -0.4 is 15.3 Å². The largest absolute Gasteiger partial charge is 0.508 e. The Labute approximate surface area is 290 Å². The van der Waals surface area contributed by atoms with Crippen molar-refractivity contribution in [3.05, 3.63) is 42.7 Å². The van der Waals surface area contributed by atoms with Crippen molar-refractivity contribution in [1.29, 1.82) is 0 Å². The Bertz CT molecular complexity index is 1690. The second kappa shape index (κ2) is 17.6. The summed E-state index contributed by atoms with van der Waals surface area (Å²) < 4.78 is 64.0. The molecule has 1 aliphatic rings. The second-order valence-corrected chi connectivity index (χ2v) is 13.7. The van der Waals surface area contributed by atoms with Crippen molar-refractivity contribution < 1.29 is 46.5 Å². The zero-order valence-electron chi connectivity index (χ0n) is 28.6. The molecule has 2 aromatic heterocycles. The summed E-state index contributed by atoms with van der Waals surface area (Å²) in [4.78, 5) is 37.0. The molecule has 0 unspecified atom stereocenters. The average Bonchev–Trinajstić information content (AvgIpc) is 3.65. The number of nitrogens with two attached hydrogens (primary N) is 1. The van der Waals surface area contributed by atoms with E-state index in [1.165, 1.54) is 30.0 Å². The maximum atomic E-state index is 14.2. The highest BCUT2D eigenvalue weighted by Crippen LogP contribution is 2.48. The molecule has 3 N–H and O–H groups in total. The first-order chi connectivity index (χ1) is 23.9. The van der Waals surface area contributed by atoms with Gasteiger partial charge in [-0.2, -0.15) is 19.4 Å². The van der Waals surface area contributed by atoms with Crippen molar-refractivity contribution in [3.63, 3.8) is 0 Å². The van der Waals surface area contributed by atoms with Crippen LogP contribution in [0.4, 0.5) is 15.0 Å². The van der Waals surface area contributed by atoms with E-state index >= 15 is 0 Å². The lowest BCUT2D eigenvalue weighted by molar-refractivity contribution is -0.149. The first kappa shape index (κ1) is 38.5. The molecule has 0 saturated carbocycles. The molecule has 1 saturated heterocycles. The molecule has 0 bridgehead atoms. The van der Waals surface area contributed by atoms with Gasteiger partial charge in [0.05, 0.1) is 19.0 Å². The summed E-state index contributed by atoms with van der Waals surface area (Å²) >= 11 is 0. The number of nitrogens with one attached hydrogen (secondary N) is 1. The smallest absolute Gasteiger partial charge is 0.462 e. The number of benzene rings is 1. The van der Waals surface area contributed by atoms with Crippen LogP contribution in [0.5, 0.6) is 5.75 Å². The number of halogens is 1. The number of hydrogen-bond acceptors (Lipinski definition) is 13. The first-order valence-corrected chi connectivity index (χ1v) is 18.0. The Hall–Kier alpha value is -4.29. The summed E-state index contributed by atoms with van der Waals surface area (Å²) in [5, 5.41) is 2.59. The van der Waals surface area contributed by atoms with E-state index in [0.29, 0.717) is 6.42 Å². The van der Waals surface area contributed by atoms with Crippen LogP contribution in [0.3, 0.4) is 0 Å². The van der Waals surface area contributed by atoms with Gasteiger partial charge in [0.2, 0.25) is 0 Å². The second-order valence-electron chi connectivity index (χ2n) is 12.0. The minimum absolute atomic E-state index is 0.00428. The van der Waals surface area contributed by atoms with E-state index in [-0.39, 0.29) is 35.8 Å². The number of fused-ring (bicyclic) bond motifs is 1. The van der Waals surface area contributed by atoms with E-state index in [0.717, 1.165) is 32.1 Å². The van der Waals surface area contributed by atoms with E-state index in [4.69, 9.17) is 40.2 Å². The Morgan fingerprint density at radius 3 is 2.60 bits per heavy atom. The Morgan fingerprint density at radius 1 is 1.18 bits per heavy atom. The molecule has 272 valence electrons. The monoisotopic (exact) mass is 718 g/mol. The van der Waals surface area contributed by atoms with Gasteiger partial charge in [-0.25, -0.2) is 14.3 Å². The summed E-state index contributed by atoms with van der Waals surface area (Å²) in [6, 6.07) is 6.96. The lowest BCUT2D eigenvalue weighted by atomic mass is 9.99. The molecule has 1 aliphatic heterocycles. The fourth-order valence-electron chi connectivity index (χ4n) is 5.17. The lowest BCUT2D eigenvalue weighted by Gasteiger charge is -2.31. The number of ether oxygens (including phenoxy) is 4. The van der Waals surface area contributed by atoms with Crippen molar-refractivity contribution in [3.8, 4) is 18.1 Å². The van der Waals surface area contributed by atoms with Gasteiger partial charge in [-0.15, -0.1) is 6.42 Å². The number of rotatable bonds is 18. The normalized spacial score (nSPS) is 20.6. The number of anilines is 1. The molecule has 3 aromatic rings. The maximum absolute atomic E-state index is 14.2. The number of hydrogen-bond donors (Lipinski definition) is 2. The molecule has 4 rings (SSSR count). The number of carbonyl (C=O) groups is 2. The standard InChI is InChI=1S/C33H44FN6O9P/c1-6-8-9-10-11-15-18-44-32(42)47-25-19-26(40-21-36-27-28(35)37-31(34)38-29(27)40)48-33(25,7-2)20-45-50(43,49-24-16-13-12-14-17-24)39-23(5)30(41)46-22(3)4/h2,12-14,16-17,21-23,25-26H,6,8-11,15,18-20H2,1,3-5H3,(H,39,43)(H2,35,37,38)/t23-,25-,26+,33+,50-/m0/s1. The predicted octanol–water partition coefficient (Wildman–Crippen LogP) is 5.85. The van der Waals surface area contributed by atoms with E-state index in [9.17, 15) is 18.5 Å². The predicted molar refractivity (Wildman–Crippen MR) is 180 cm³/mol. The number of para-hydroxylation sites is 1. The summed E-state index contributed by atoms with van der Waals surface area (Å²) in [6.45, 7) is 6.35. The maximum Gasteiger partial charge on any atom is 0.508 e. The van der Waals surface area contributed by atoms with E-state index in [1.54, 1.807) is 32.0 Å². The fourth-order valence-corrected chi connectivity index (χ4v) is 6.69. The van der Waals surface area contributed by atoms with Crippen LogP contribution in [0, 0.1) is 18.4 Å². The SMILES string of the molecule is C#C[C@]1(CO[P@@](=O)(N[C@@H](C)C(=O)OC(C)C)Oc2ccccc2)O[C@@H](n2cnc3c(N)nc(F)nc32)C[C@@H]1OC(=O)OCCCCCCCC. The number of nitrogens with zero attached hydrogens (tertiary/aromatic N) is 4. The van der Waals surface area contributed by atoms with Gasteiger partial charge in [-0.1, -0.05) is 63.1 Å². The van der Waals surface area contributed by atoms with Crippen LogP contribution >= 0.6 is 7.75 Å². The third-order valence-electron chi connectivity index (χ3n) is 7.69. The molecule has 0 aliphatic carbocycles. The molecule has 5 atom stereocenters. The van der Waals surface area contributed by atoms with Gasteiger partial charge in [-0.05, 0) is 39.3 Å². The molecule has 0 radical (unpaired) electrons. The summed E-state index contributed by atoms with van der Waals surface area (Å²) in [5.41, 5.74) is 4.04. The van der Waals surface area contributed by atoms with Crippen molar-refractivity contribution in [2.75, 3.05) is 18.9 Å². The Kier molecular flexibility index (Phi) is 13.5. The van der Waals surface area contributed by atoms with Gasteiger partial charge in [0, 0.05) is 6.42 Å². The fraction of sp³-hybridized carbons (Fsp3) is 0.545. The molecule has 17 heteroatoms. The summed E-state index contributed by atoms with van der Waals surface area (Å²) in [7, 11) is -4.43. The number of carbonyl (C=O) groups excluding carboxylic acids is 2. The molecule has 15 nitrogen and oxygen atoms in total. The molecule has 1 aromatic carbocycles. The highest BCUT2D eigenvalue weighted by molar-refractivity contribution is 7.52. The van der Waals surface area contributed by atoms with Gasteiger partial charge >= 0.3 is 25.9 Å². The third-order valence-corrected chi connectivity index (χ3v) is 9.31. The van der Waals surface area contributed by atoms with Gasteiger partial charge < -0.3 is 29.2 Å². The molecular formula is C33H44FN6O9P. The van der Waals surface area contributed by atoms with Crippen molar-refractivity contribution in [1.82, 2.24) is 24.6 Å². The van der Waals surface area contributed by atoms with Crippen LogP contribution in [0.2, 0.25) is 0 Å². The van der Waals surface area contributed by atoms with E-state index < -0.39 is 62.6 Å². The number of terminal acetylenes is 1. The average molecular weight is 719 g/mol. The topological polar surface area (TPSA) is 188 Å². The Balaban J connectivity index is 1.59. The molecule has 0 spiro atoms. The molecule has 0 amide bonds. The number of unbranched alkanes of at least 4 members (excludes halogenated alkanes) is 5. The number of aromatic nitrogens is 4. The Morgan fingerprint density at radius 2 is 1.90 bits per heavy atom. The van der Waals surface area contributed by atoms with Crippen molar-refractivity contribution in [2.24, 2.45) is 0 Å². The summed E-state index contributed by atoms with van der Waals surface area (Å²) in [5.74, 6) is 1.74. The zero-order chi connectivity index (χ0) is 36.3. The van der Waals surface area contributed by atoms with Gasteiger partial charge in [0.25, 0.3) is 0 Å². The molecule has 1 fully saturated rings. The minimum atomic E-state index is -4.43. The van der Waals surface area contributed by atoms with Crippen LogP contribution in [0.1, 0.15) is 78.9 Å². The van der Waals surface area contributed by atoms with Crippen LogP contribution in [0.25, 0.3) is 11.2 Å². The van der Waals surface area contributed by atoms with E-state index in [1.807, 2.05) is 0 Å². The molecule has 50 heavy (non-hydrogen) atoms. The van der Waals surface area contributed by atoms with Gasteiger partial charge in [-0.3, -0.25) is 13.9 Å². The number of imidazole rings is 1. The highest BCUT2D eigenvalue weighted by atomic mass is 31.2. The third kappa shape index (κ3) is 10.1. The van der Waals surface area contributed by atoms with Gasteiger partial charge in [0.1, 0.15) is 24.6 Å². The molecule has 3 heterocycles. The lowest BCUT2D eigenvalue weighted by Crippen LogP contribution is -2.46. The van der Waals surface area contributed by atoms with Crippen LogP contribution in [-0.4, -0.2) is 68.7 Å².